The van der Waals surface area contributed by atoms with Crippen LogP contribution in [0.3, 0.4) is 0 Å². The van der Waals surface area contributed by atoms with E-state index in [1.165, 1.54) is 52.0 Å². The van der Waals surface area contributed by atoms with Gasteiger partial charge in [-0.1, -0.05) is 231 Å². The lowest BCUT2D eigenvalue weighted by Crippen LogP contribution is -2.63. The van der Waals surface area contributed by atoms with Crippen molar-refractivity contribution in [1.82, 2.24) is 0 Å². The standard InChI is InChI=1S/C88H57B2N5OS2/c1-9-30-58(31-10-1)68-48-29-49-69(59-32-11-2-12-33-59)84(68)95-74-57-78-73(90-83-77(94(65-44-23-8-24-45-65)86-71-47-26-28-51-81(71)98-88(86)90)54-67(55-79(83)96-78)92(62-38-17-5-18-39-62)63-40-19-6-20-41-63)56-72(74)89-82-75(93(64-42-21-7-22-43-64)85-70-46-25-27-50-80(70)97-87(85)89)52-66(53-76(82)95)91(60-34-13-3-14-35-60)61-36-15-4-16-37-61/h1-57H. The molecule has 6 heterocycles. The molecule has 6 nitrogen and oxygen atoms in total. The molecule has 0 saturated heterocycles. The highest BCUT2D eigenvalue weighted by atomic mass is 32.1. The molecule has 0 aliphatic carbocycles. The van der Waals surface area contributed by atoms with Crippen LogP contribution in [-0.2, 0) is 0 Å². The molecule has 458 valence electrons. The van der Waals surface area contributed by atoms with Crippen LogP contribution < -0.4 is 60.6 Å². The summed E-state index contributed by atoms with van der Waals surface area (Å²) in [6.45, 7) is -0.453. The Bertz CT molecular complexity index is 5630. The molecular formula is C88H57B2N5OS2. The fraction of sp³-hybridized carbons (Fsp3) is 0. The van der Waals surface area contributed by atoms with Crippen LogP contribution in [0.2, 0.25) is 0 Å². The lowest BCUT2D eigenvalue weighted by atomic mass is 9.33. The Labute approximate surface area is 577 Å². The van der Waals surface area contributed by atoms with Gasteiger partial charge in [-0.25, -0.2) is 0 Å². The summed E-state index contributed by atoms with van der Waals surface area (Å²) in [4.78, 5) is 12.6. The number of benzene rings is 14. The zero-order valence-electron chi connectivity index (χ0n) is 53.0. The van der Waals surface area contributed by atoms with E-state index >= 15 is 0 Å². The normalized spacial score (nSPS) is 12.9. The van der Waals surface area contributed by atoms with Crippen molar-refractivity contribution in [3.05, 3.63) is 346 Å². The van der Waals surface area contributed by atoms with Crippen molar-refractivity contribution in [2.45, 2.75) is 0 Å². The summed E-state index contributed by atoms with van der Waals surface area (Å²) in [6, 6.07) is 127. The predicted molar refractivity (Wildman–Crippen MR) is 417 cm³/mol. The smallest absolute Gasteiger partial charge is 0.268 e. The van der Waals surface area contributed by atoms with Crippen molar-refractivity contribution >= 4 is 173 Å². The minimum atomic E-state index is -0.233. The topological polar surface area (TPSA) is 25.4 Å². The van der Waals surface area contributed by atoms with Crippen LogP contribution >= 0.6 is 22.7 Å². The van der Waals surface area contributed by atoms with Gasteiger partial charge in [0, 0.05) is 110 Å². The highest BCUT2D eigenvalue weighted by Gasteiger charge is 2.50. The number of hydrogen-bond donors (Lipinski definition) is 0. The molecular weight excluding hydrogens is 1230 g/mol. The molecule has 4 aliphatic rings. The number of thiophene rings is 2. The van der Waals surface area contributed by atoms with Gasteiger partial charge in [0.1, 0.15) is 11.5 Å². The lowest BCUT2D eigenvalue weighted by molar-refractivity contribution is 0.488. The van der Waals surface area contributed by atoms with Crippen LogP contribution in [-0.4, -0.2) is 13.4 Å². The molecule has 14 aromatic carbocycles. The first-order valence-electron chi connectivity index (χ1n) is 33.5. The van der Waals surface area contributed by atoms with Gasteiger partial charge in [0.2, 0.25) is 0 Å². The van der Waals surface area contributed by atoms with Gasteiger partial charge in [-0.2, -0.15) is 0 Å². The third-order valence-corrected chi connectivity index (χ3v) is 22.4. The molecule has 20 rings (SSSR count). The molecule has 0 amide bonds. The summed E-state index contributed by atoms with van der Waals surface area (Å²) in [5.74, 6) is 1.64. The Balaban J connectivity index is 0.937. The minimum absolute atomic E-state index is 0.220. The summed E-state index contributed by atoms with van der Waals surface area (Å²) >= 11 is 3.84. The van der Waals surface area contributed by atoms with Crippen LogP contribution in [0.1, 0.15) is 0 Å². The Kier molecular flexibility index (Phi) is 13.1. The monoisotopic (exact) mass is 1290 g/mol. The quantitative estimate of drug-likeness (QED) is 0.120. The molecule has 0 bridgehead atoms. The van der Waals surface area contributed by atoms with Gasteiger partial charge in [0.25, 0.3) is 13.4 Å². The second-order valence-corrected chi connectivity index (χ2v) is 27.6. The van der Waals surface area contributed by atoms with E-state index in [4.69, 9.17) is 4.74 Å². The summed E-state index contributed by atoms with van der Waals surface area (Å²) in [6.07, 6.45) is 0. The number of hydrogen-bond acceptors (Lipinski definition) is 8. The lowest BCUT2D eigenvalue weighted by Gasteiger charge is -2.46. The van der Waals surface area contributed by atoms with Crippen LogP contribution in [0.15, 0.2) is 346 Å². The number of para-hydroxylation sites is 7. The van der Waals surface area contributed by atoms with Gasteiger partial charge in [-0.3, -0.25) is 0 Å². The van der Waals surface area contributed by atoms with Crippen LogP contribution in [0.4, 0.5) is 85.3 Å². The van der Waals surface area contributed by atoms with E-state index in [0.717, 1.165) is 119 Å². The molecule has 0 fully saturated rings. The van der Waals surface area contributed by atoms with Crippen molar-refractivity contribution in [1.29, 1.82) is 0 Å². The fourth-order valence-electron chi connectivity index (χ4n) is 16.0. The van der Waals surface area contributed by atoms with Crippen molar-refractivity contribution in [3.63, 3.8) is 0 Å². The molecule has 0 radical (unpaired) electrons. The molecule has 4 aliphatic heterocycles. The van der Waals surface area contributed by atoms with Gasteiger partial charge in [0.05, 0.1) is 28.4 Å². The maximum Gasteiger partial charge on any atom is 0.268 e. The highest BCUT2D eigenvalue weighted by molar-refractivity contribution is 7.34. The molecule has 16 aromatic rings. The first-order chi connectivity index (χ1) is 48.7. The summed E-state index contributed by atoms with van der Waals surface area (Å²) in [5.41, 5.74) is 25.4. The Morgan fingerprint density at radius 2 is 0.653 bits per heavy atom. The molecule has 0 N–H and O–H groups in total. The van der Waals surface area contributed by atoms with E-state index in [9.17, 15) is 0 Å². The van der Waals surface area contributed by atoms with E-state index < -0.39 is 0 Å². The Morgan fingerprint density at radius 1 is 0.276 bits per heavy atom. The second-order valence-electron chi connectivity index (χ2n) is 25.4. The summed E-state index contributed by atoms with van der Waals surface area (Å²) in [5, 5.41) is 2.44. The average molecular weight is 1290 g/mol. The van der Waals surface area contributed by atoms with E-state index in [1.807, 2.05) is 22.7 Å². The van der Waals surface area contributed by atoms with E-state index in [2.05, 4.69) is 370 Å². The molecule has 0 spiro atoms. The number of ether oxygens (including phenoxy) is 1. The maximum atomic E-state index is 8.02. The Morgan fingerprint density at radius 3 is 1.11 bits per heavy atom. The zero-order valence-corrected chi connectivity index (χ0v) is 54.7. The first-order valence-corrected chi connectivity index (χ1v) is 35.1. The van der Waals surface area contributed by atoms with Crippen molar-refractivity contribution in [2.24, 2.45) is 0 Å². The molecule has 10 heteroatoms. The zero-order chi connectivity index (χ0) is 64.4. The third-order valence-electron chi connectivity index (χ3n) is 20.0. The molecule has 0 saturated carbocycles. The first kappa shape index (κ1) is 56.3. The van der Waals surface area contributed by atoms with Crippen molar-refractivity contribution in [2.75, 3.05) is 24.5 Å². The van der Waals surface area contributed by atoms with Crippen LogP contribution in [0.5, 0.6) is 11.5 Å². The van der Waals surface area contributed by atoms with E-state index in [1.54, 1.807) is 0 Å². The maximum absolute atomic E-state index is 8.02. The second kappa shape index (κ2) is 22.8. The number of anilines is 15. The molecule has 2 aromatic heterocycles. The predicted octanol–water partition coefficient (Wildman–Crippen LogP) is 20.9. The average Bonchev–Trinajstić information content (AvgIpc) is 1.19. The van der Waals surface area contributed by atoms with E-state index in [-0.39, 0.29) is 13.4 Å². The van der Waals surface area contributed by atoms with Gasteiger partial charge in [0.15, 0.2) is 0 Å². The highest BCUT2D eigenvalue weighted by Crippen LogP contribution is 2.56. The SMILES string of the molecule is c1ccc(-c2cccc(-c3ccccc3)c2N2c3cc4c(cc3B3c5sc6ccccc6c5N(c5ccccc5)c5cc(N(c6ccccc6)c6ccccc6)cc2c53)B2c3sc5ccccc5c3N(c3ccccc3)c3cc(N(c5ccccc5)c5ccccc5)cc(c32)O4)cc1. The number of nitrogens with zero attached hydrogens (tertiary/aromatic N) is 5. The van der Waals surface area contributed by atoms with Crippen molar-refractivity contribution < 1.29 is 4.74 Å². The van der Waals surface area contributed by atoms with Gasteiger partial charge in [-0.05, 0) is 136 Å². The largest absolute Gasteiger partial charge is 0.458 e. The van der Waals surface area contributed by atoms with Gasteiger partial charge in [-0.15, -0.1) is 22.7 Å². The van der Waals surface area contributed by atoms with E-state index in [0.29, 0.717) is 0 Å². The summed E-state index contributed by atoms with van der Waals surface area (Å²) in [7, 11) is 0. The molecule has 0 atom stereocenters. The van der Waals surface area contributed by atoms with Gasteiger partial charge >= 0.3 is 0 Å². The fourth-order valence-corrected chi connectivity index (χ4v) is 18.6. The number of fused-ring (bicyclic) bond motifs is 12. The Hall–Kier alpha value is -12.1. The van der Waals surface area contributed by atoms with Gasteiger partial charge < -0.3 is 29.2 Å². The number of rotatable bonds is 11. The molecule has 98 heavy (non-hydrogen) atoms. The van der Waals surface area contributed by atoms with Crippen LogP contribution in [0.25, 0.3) is 42.4 Å². The third kappa shape index (κ3) is 8.81. The minimum Gasteiger partial charge on any atom is -0.458 e. The van der Waals surface area contributed by atoms with Crippen LogP contribution in [0, 0.1) is 0 Å². The summed E-state index contributed by atoms with van der Waals surface area (Å²) < 4.78 is 13.1. The van der Waals surface area contributed by atoms with Crippen molar-refractivity contribution in [3.8, 4) is 33.8 Å². The molecule has 0 unspecified atom stereocenters.